The third kappa shape index (κ3) is 3.71. The van der Waals surface area contributed by atoms with E-state index in [2.05, 4.69) is 5.10 Å². The van der Waals surface area contributed by atoms with Crippen LogP contribution >= 0.6 is 0 Å². The smallest absolute Gasteiger partial charge is 0.435 e. The summed E-state index contributed by atoms with van der Waals surface area (Å²) in [6.45, 7) is 5.22. The van der Waals surface area contributed by atoms with E-state index in [0.717, 1.165) is 9.58 Å². The number of ether oxygens (including phenoxy) is 1. The molecule has 0 aliphatic carbocycles. The average Bonchev–Trinajstić information content (AvgIpc) is 3.06. The van der Waals surface area contributed by atoms with Gasteiger partial charge in [0.25, 0.3) is 0 Å². The number of benzene rings is 1. The standard InChI is InChI=1S/C18H20FN3O5/c1-18(2,3)27-17(26)22-8-10(7-20-22)12-6-14(23)13-9-21(16(24)25)5-4-11(13)15(12)19/h6-8,23H,4-5,9H2,1-3H3,(H,24,25). The van der Waals surface area contributed by atoms with Gasteiger partial charge in [-0.05, 0) is 38.8 Å². The molecule has 0 bridgehead atoms. The van der Waals surface area contributed by atoms with Crippen LogP contribution in [-0.2, 0) is 17.7 Å². The minimum absolute atomic E-state index is 0.0785. The van der Waals surface area contributed by atoms with Crippen molar-refractivity contribution in [1.82, 2.24) is 14.7 Å². The number of phenolic OH excluding ortho intramolecular Hbond substituents is 1. The molecule has 0 fully saturated rings. The van der Waals surface area contributed by atoms with Crippen LogP contribution in [-0.4, -0.2) is 49.2 Å². The number of hydrogen-bond acceptors (Lipinski definition) is 5. The maximum Gasteiger partial charge on any atom is 0.435 e. The van der Waals surface area contributed by atoms with Gasteiger partial charge in [-0.15, -0.1) is 0 Å². The second-order valence-corrected chi connectivity index (χ2v) is 7.32. The van der Waals surface area contributed by atoms with E-state index in [1.807, 2.05) is 0 Å². The van der Waals surface area contributed by atoms with E-state index < -0.39 is 23.6 Å². The maximum absolute atomic E-state index is 15.0. The summed E-state index contributed by atoms with van der Waals surface area (Å²) in [7, 11) is 0. The molecule has 1 aromatic heterocycles. The molecule has 1 aromatic carbocycles. The quantitative estimate of drug-likeness (QED) is 0.791. The van der Waals surface area contributed by atoms with Crippen LogP contribution in [0.3, 0.4) is 0 Å². The number of hydrogen-bond donors (Lipinski definition) is 2. The summed E-state index contributed by atoms with van der Waals surface area (Å²) < 4.78 is 21.2. The summed E-state index contributed by atoms with van der Waals surface area (Å²) in [5.74, 6) is -0.756. The maximum atomic E-state index is 15.0. The van der Waals surface area contributed by atoms with Crippen molar-refractivity contribution in [3.8, 4) is 16.9 Å². The highest BCUT2D eigenvalue weighted by Gasteiger charge is 2.28. The normalized spacial score (nSPS) is 14.0. The number of carbonyl (C=O) groups excluding carboxylic acids is 1. The lowest BCUT2D eigenvalue weighted by Gasteiger charge is -2.27. The zero-order valence-corrected chi connectivity index (χ0v) is 15.2. The molecule has 0 saturated carbocycles. The first-order valence-corrected chi connectivity index (χ1v) is 8.36. The Hall–Kier alpha value is -3.10. The van der Waals surface area contributed by atoms with Crippen LogP contribution in [0.25, 0.3) is 11.1 Å². The van der Waals surface area contributed by atoms with Crippen molar-refractivity contribution in [2.24, 2.45) is 0 Å². The van der Waals surface area contributed by atoms with Crippen LogP contribution in [0.15, 0.2) is 18.5 Å². The van der Waals surface area contributed by atoms with Gasteiger partial charge in [0, 0.05) is 29.4 Å². The Morgan fingerprint density at radius 1 is 1.30 bits per heavy atom. The second-order valence-electron chi connectivity index (χ2n) is 7.32. The van der Waals surface area contributed by atoms with E-state index in [1.54, 1.807) is 20.8 Å². The Labute approximate surface area is 154 Å². The Morgan fingerprint density at radius 3 is 2.63 bits per heavy atom. The number of halogens is 1. The first-order chi connectivity index (χ1) is 12.6. The summed E-state index contributed by atoms with van der Waals surface area (Å²) in [4.78, 5) is 24.3. The lowest BCUT2D eigenvalue weighted by molar-refractivity contribution is 0.0514. The number of rotatable bonds is 1. The van der Waals surface area contributed by atoms with Crippen LogP contribution in [0, 0.1) is 5.82 Å². The Balaban J connectivity index is 1.94. The lowest BCUT2D eigenvalue weighted by Crippen LogP contribution is -2.35. The number of phenols is 1. The zero-order chi connectivity index (χ0) is 19.9. The molecule has 2 N–H and O–H groups in total. The third-order valence-electron chi connectivity index (χ3n) is 4.18. The molecule has 9 heteroatoms. The fourth-order valence-electron chi connectivity index (χ4n) is 2.93. The van der Waals surface area contributed by atoms with Gasteiger partial charge in [0.1, 0.15) is 17.2 Å². The molecule has 8 nitrogen and oxygen atoms in total. The SMILES string of the molecule is CC(C)(C)OC(=O)n1cc(-c2cc(O)c3c(c2F)CCN(C(=O)O)C3)cn1. The number of carbonyl (C=O) groups is 2. The number of fused-ring (bicyclic) bond motifs is 1. The fraction of sp³-hybridized carbons (Fsp3) is 0.389. The van der Waals surface area contributed by atoms with Crippen molar-refractivity contribution in [2.45, 2.75) is 39.3 Å². The van der Waals surface area contributed by atoms with E-state index in [-0.39, 0.29) is 42.0 Å². The lowest BCUT2D eigenvalue weighted by atomic mass is 9.93. The summed E-state index contributed by atoms with van der Waals surface area (Å²) >= 11 is 0. The predicted molar refractivity (Wildman–Crippen MR) is 93.1 cm³/mol. The monoisotopic (exact) mass is 377 g/mol. The zero-order valence-electron chi connectivity index (χ0n) is 15.2. The molecule has 2 heterocycles. The van der Waals surface area contributed by atoms with Gasteiger partial charge in [-0.1, -0.05) is 0 Å². The molecule has 2 aromatic rings. The highest BCUT2D eigenvalue weighted by atomic mass is 19.1. The number of carboxylic acid groups (broad SMARTS) is 1. The molecule has 27 heavy (non-hydrogen) atoms. The molecule has 0 spiro atoms. The van der Waals surface area contributed by atoms with Gasteiger partial charge < -0.3 is 19.8 Å². The molecule has 0 saturated heterocycles. The number of aromatic hydroxyl groups is 1. The molecule has 1 amide bonds. The Bertz CT molecular complexity index is 916. The van der Waals surface area contributed by atoms with E-state index in [0.29, 0.717) is 5.56 Å². The first-order valence-electron chi connectivity index (χ1n) is 8.36. The molecule has 1 aliphatic rings. The highest BCUT2D eigenvalue weighted by Crippen LogP contribution is 2.36. The Morgan fingerprint density at radius 2 is 2.00 bits per heavy atom. The van der Waals surface area contributed by atoms with Gasteiger partial charge >= 0.3 is 12.2 Å². The molecule has 1 aliphatic heterocycles. The van der Waals surface area contributed by atoms with Crippen LogP contribution in [0.4, 0.5) is 14.0 Å². The van der Waals surface area contributed by atoms with E-state index in [9.17, 15) is 19.1 Å². The average molecular weight is 377 g/mol. The molecule has 0 radical (unpaired) electrons. The Kier molecular flexibility index (Phi) is 4.54. The van der Waals surface area contributed by atoms with Gasteiger partial charge in [-0.2, -0.15) is 9.78 Å². The molecule has 0 unspecified atom stereocenters. The largest absolute Gasteiger partial charge is 0.508 e. The minimum Gasteiger partial charge on any atom is -0.508 e. The van der Waals surface area contributed by atoms with Crippen LogP contribution in [0.5, 0.6) is 5.75 Å². The van der Waals surface area contributed by atoms with E-state index in [4.69, 9.17) is 9.84 Å². The van der Waals surface area contributed by atoms with E-state index >= 15 is 0 Å². The van der Waals surface area contributed by atoms with Gasteiger partial charge in [-0.3, -0.25) is 0 Å². The minimum atomic E-state index is -1.12. The van der Waals surface area contributed by atoms with Gasteiger partial charge in [-0.25, -0.2) is 14.0 Å². The highest BCUT2D eigenvalue weighted by molar-refractivity contribution is 5.74. The van der Waals surface area contributed by atoms with Gasteiger partial charge in [0.05, 0.1) is 12.7 Å². The summed E-state index contributed by atoms with van der Waals surface area (Å²) in [5.41, 5.74) is 0.216. The van der Waals surface area contributed by atoms with Crippen molar-refractivity contribution >= 4 is 12.2 Å². The third-order valence-corrected chi connectivity index (χ3v) is 4.18. The number of nitrogens with zero attached hydrogens (tertiary/aromatic N) is 3. The fourth-order valence-corrected chi connectivity index (χ4v) is 2.93. The summed E-state index contributed by atoms with van der Waals surface area (Å²) in [6.07, 6.45) is 0.956. The van der Waals surface area contributed by atoms with Crippen molar-refractivity contribution in [2.75, 3.05) is 6.54 Å². The van der Waals surface area contributed by atoms with Crippen LogP contribution in [0.2, 0.25) is 0 Å². The molecular formula is C18H20FN3O5. The summed E-state index contributed by atoms with van der Waals surface area (Å²) in [5, 5.41) is 23.3. The molecule has 144 valence electrons. The van der Waals surface area contributed by atoms with Crippen molar-refractivity contribution in [3.63, 3.8) is 0 Å². The first kappa shape index (κ1) is 18.7. The van der Waals surface area contributed by atoms with Crippen molar-refractivity contribution in [1.29, 1.82) is 0 Å². The summed E-state index contributed by atoms with van der Waals surface area (Å²) in [6, 6.07) is 1.22. The predicted octanol–water partition coefficient (Wildman–Crippen LogP) is 3.21. The van der Waals surface area contributed by atoms with Crippen molar-refractivity contribution in [3.05, 3.63) is 35.4 Å². The van der Waals surface area contributed by atoms with Gasteiger partial charge in [0.2, 0.25) is 0 Å². The molecular weight excluding hydrogens is 357 g/mol. The number of amides is 1. The van der Waals surface area contributed by atoms with Crippen LogP contribution < -0.4 is 0 Å². The molecule has 0 atom stereocenters. The second kappa shape index (κ2) is 6.57. The topological polar surface area (TPSA) is 105 Å². The number of aromatic nitrogens is 2. The van der Waals surface area contributed by atoms with Crippen molar-refractivity contribution < 1.29 is 28.9 Å². The van der Waals surface area contributed by atoms with Gasteiger partial charge in [0.15, 0.2) is 0 Å². The molecule has 3 rings (SSSR count). The van der Waals surface area contributed by atoms with Crippen LogP contribution in [0.1, 0.15) is 31.9 Å². The van der Waals surface area contributed by atoms with E-state index in [1.165, 1.54) is 18.5 Å².